The lowest BCUT2D eigenvalue weighted by atomic mass is 10.1. The van der Waals surface area contributed by atoms with E-state index in [9.17, 15) is 14.4 Å². The fraction of sp³-hybridized carbons (Fsp3) is 0.308. The van der Waals surface area contributed by atoms with Crippen molar-refractivity contribution in [2.45, 2.75) is 20.0 Å². The Bertz CT molecular complexity index is 575. The molecule has 6 nitrogen and oxygen atoms in total. The first-order chi connectivity index (χ1) is 9.72. The number of amides is 3. The van der Waals surface area contributed by atoms with Gasteiger partial charge in [0.25, 0.3) is 5.91 Å². The van der Waals surface area contributed by atoms with E-state index in [-0.39, 0.29) is 16.5 Å². The van der Waals surface area contributed by atoms with E-state index in [1.165, 1.54) is 18.2 Å². The van der Waals surface area contributed by atoms with E-state index in [2.05, 4.69) is 0 Å². The fourth-order valence-electron chi connectivity index (χ4n) is 1.49. The normalized spacial score (nSPS) is 11.9. The molecule has 0 radical (unpaired) electrons. The van der Waals surface area contributed by atoms with Gasteiger partial charge in [0.15, 0.2) is 6.10 Å². The highest BCUT2D eigenvalue weighted by atomic mass is 35.5. The summed E-state index contributed by atoms with van der Waals surface area (Å²) in [6, 6.07) is 3.17. The summed E-state index contributed by atoms with van der Waals surface area (Å²) >= 11 is 11.6. The van der Waals surface area contributed by atoms with Crippen LogP contribution in [0.15, 0.2) is 18.2 Å². The number of hydrogen-bond acceptors (Lipinski definition) is 4. The number of halogens is 2. The highest BCUT2D eigenvalue weighted by Gasteiger charge is 2.28. The minimum Gasteiger partial charge on any atom is -0.448 e. The lowest BCUT2D eigenvalue weighted by Crippen LogP contribution is -2.45. The SMILES string of the molecule is CC(C)[C@@H](OC(=O)c1ccc(Cl)c(Cl)c1)C(=O)NC(N)=O. The maximum Gasteiger partial charge on any atom is 0.338 e. The molecule has 0 spiro atoms. The maximum absolute atomic E-state index is 12.0. The van der Waals surface area contributed by atoms with Crippen LogP contribution in [0, 0.1) is 5.92 Å². The number of urea groups is 1. The molecule has 3 N–H and O–H groups in total. The molecule has 1 aromatic rings. The number of carbonyl (C=O) groups excluding carboxylic acids is 3. The average Bonchev–Trinajstić information content (AvgIpc) is 2.37. The summed E-state index contributed by atoms with van der Waals surface area (Å²) in [6.45, 7) is 3.32. The minimum atomic E-state index is -1.15. The van der Waals surface area contributed by atoms with Crippen LogP contribution in [-0.2, 0) is 9.53 Å². The third-order valence-electron chi connectivity index (χ3n) is 2.50. The van der Waals surface area contributed by atoms with E-state index in [0.717, 1.165) is 0 Å². The Morgan fingerprint density at radius 3 is 2.29 bits per heavy atom. The molecule has 0 aliphatic rings. The molecule has 0 unspecified atom stereocenters. The van der Waals surface area contributed by atoms with Crippen LogP contribution in [0.3, 0.4) is 0 Å². The van der Waals surface area contributed by atoms with Gasteiger partial charge in [0.1, 0.15) is 0 Å². The molecule has 21 heavy (non-hydrogen) atoms. The van der Waals surface area contributed by atoms with Crippen molar-refractivity contribution < 1.29 is 19.1 Å². The summed E-state index contributed by atoms with van der Waals surface area (Å²) in [6.07, 6.45) is -1.15. The van der Waals surface area contributed by atoms with Gasteiger partial charge in [-0.15, -0.1) is 0 Å². The van der Waals surface area contributed by atoms with Crippen LogP contribution >= 0.6 is 23.2 Å². The Balaban J connectivity index is 2.88. The van der Waals surface area contributed by atoms with E-state index >= 15 is 0 Å². The minimum absolute atomic E-state index is 0.141. The number of imide groups is 1. The van der Waals surface area contributed by atoms with Crippen LogP contribution in [0.5, 0.6) is 0 Å². The number of ether oxygens (including phenoxy) is 1. The van der Waals surface area contributed by atoms with Crippen molar-refractivity contribution in [3.63, 3.8) is 0 Å². The van der Waals surface area contributed by atoms with Gasteiger partial charge in [-0.05, 0) is 24.1 Å². The molecular formula is C13H14Cl2N2O4. The molecule has 0 saturated heterocycles. The molecule has 1 atom stereocenters. The number of benzene rings is 1. The van der Waals surface area contributed by atoms with Crippen molar-refractivity contribution in [2.75, 3.05) is 0 Å². The first-order valence-electron chi connectivity index (χ1n) is 5.98. The quantitative estimate of drug-likeness (QED) is 0.827. The number of rotatable bonds is 4. The van der Waals surface area contributed by atoms with Crippen LogP contribution < -0.4 is 11.1 Å². The smallest absolute Gasteiger partial charge is 0.338 e. The lowest BCUT2D eigenvalue weighted by molar-refractivity contribution is -0.130. The summed E-state index contributed by atoms with van der Waals surface area (Å²) in [5.41, 5.74) is 5.01. The number of carbonyl (C=O) groups is 3. The summed E-state index contributed by atoms with van der Waals surface area (Å²) in [7, 11) is 0. The van der Waals surface area contributed by atoms with Crippen LogP contribution in [0.2, 0.25) is 10.0 Å². The molecule has 0 aliphatic heterocycles. The van der Waals surface area contributed by atoms with Crippen molar-refractivity contribution in [3.8, 4) is 0 Å². The summed E-state index contributed by atoms with van der Waals surface area (Å²) in [4.78, 5) is 34.4. The van der Waals surface area contributed by atoms with Crippen LogP contribution in [0.4, 0.5) is 4.79 Å². The fourth-order valence-corrected chi connectivity index (χ4v) is 1.79. The number of nitrogens with one attached hydrogen (secondary N) is 1. The molecule has 114 valence electrons. The number of esters is 1. The van der Waals surface area contributed by atoms with Crippen molar-refractivity contribution in [2.24, 2.45) is 11.7 Å². The van der Waals surface area contributed by atoms with Gasteiger partial charge in [-0.1, -0.05) is 37.0 Å². The summed E-state index contributed by atoms with van der Waals surface area (Å²) < 4.78 is 5.10. The third-order valence-corrected chi connectivity index (χ3v) is 3.24. The standard InChI is InChI=1S/C13H14Cl2N2O4/c1-6(2)10(11(18)17-13(16)20)21-12(19)7-3-4-8(14)9(15)5-7/h3-6,10H,1-2H3,(H3,16,17,18,20)/t10-/m1/s1. The van der Waals surface area contributed by atoms with Gasteiger partial charge in [-0.25, -0.2) is 9.59 Å². The van der Waals surface area contributed by atoms with Crippen LogP contribution in [-0.4, -0.2) is 24.0 Å². The van der Waals surface area contributed by atoms with Crippen molar-refractivity contribution >= 4 is 41.1 Å². The molecule has 0 aliphatic carbocycles. The monoisotopic (exact) mass is 332 g/mol. The Kier molecular flexibility index (Phi) is 5.99. The Morgan fingerprint density at radius 2 is 1.81 bits per heavy atom. The Morgan fingerprint density at radius 1 is 1.19 bits per heavy atom. The van der Waals surface area contributed by atoms with E-state index in [0.29, 0.717) is 5.02 Å². The second kappa shape index (κ2) is 7.28. The van der Waals surface area contributed by atoms with E-state index in [1.54, 1.807) is 13.8 Å². The average molecular weight is 333 g/mol. The molecule has 3 amide bonds. The van der Waals surface area contributed by atoms with Gasteiger partial charge >= 0.3 is 12.0 Å². The molecule has 0 heterocycles. The van der Waals surface area contributed by atoms with E-state index in [4.69, 9.17) is 33.7 Å². The van der Waals surface area contributed by atoms with E-state index < -0.39 is 24.0 Å². The highest BCUT2D eigenvalue weighted by Crippen LogP contribution is 2.23. The first-order valence-corrected chi connectivity index (χ1v) is 6.74. The van der Waals surface area contributed by atoms with Gasteiger partial charge in [-0.2, -0.15) is 0 Å². The van der Waals surface area contributed by atoms with Gasteiger partial charge < -0.3 is 10.5 Å². The molecule has 0 fully saturated rings. The Hall–Kier alpha value is -1.79. The molecule has 0 saturated carbocycles. The largest absolute Gasteiger partial charge is 0.448 e. The molecule has 1 aromatic carbocycles. The molecule has 1 rings (SSSR count). The molecule has 0 aromatic heterocycles. The van der Waals surface area contributed by atoms with Gasteiger partial charge in [0.05, 0.1) is 15.6 Å². The van der Waals surface area contributed by atoms with Crippen molar-refractivity contribution in [1.82, 2.24) is 5.32 Å². The zero-order valence-corrected chi connectivity index (χ0v) is 12.9. The summed E-state index contributed by atoms with van der Waals surface area (Å²) in [5.74, 6) is -1.89. The van der Waals surface area contributed by atoms with Crippen molar-refractivity contribution in [1.29, 1.82) is 0 Å². The van der Waals surface area contributed by atoms with Crippen LogP contribution in [0.1, 0.15) is 24.2 Å². The number of hydrogen-bond donors (Lipinski definition) is 2. The maximum atomic E-state index is 12.0. The zero-order chi connectivity index (χ0) is 16.2. The lowest BCUT2D eigenvalue weighted by Gasteiger charge is -2.19. The second-order valence-electron chi connectivity index (χ2n) is 4.55. The molecule has 8 heteroatoms. The van der Waals surface area contributed by atoms with Crippen molar-refractivity contribution in [3.05, 3.63) is 33.8 Å². The number of nitrogens with two attached hydrogens (primary N) is 1. The zero-order valence-electron chi connectivity index (χ0n) is 11.4. The number of primary amides is 1. The Labute approximate surface area is 131 Å². The molecular weight excluding hydrogens is 319 g/mol. The van der Waals surface area contributed by atoms with E-state index in [1.807, 2.05) is 5.32 Å². The second-order valence-corrected chi connectivity index (χ2v) is 5.37. The van der Waals surface area contributed by atoms with Gasteiger partial charge in [0, 0.05) is 0 Å². The predicted molar refractivity (Wildman–Crippen MR) is 78.2 cm³/mol. The highest BCUT2D eigenvalue weighted by molar-refractivity contribution is 6.42. The summed E-state index contributed by atoms with van der Waals surface area (Å²) in [5, 5.41) is 2.36. The molecule has 0 bridgehead atoms. The van der Waals surface area contributed by atoms with Gasteiger partial charge in [-0.3, -0.25) is 10.1 Å². The first kappa shape index (κ1) is 17.3. The van der Waals surface area contributed by atoms with Gasteiger partial charge in [0.2, 0.25) is 0 Å². The topological polar surface area (TPSA) is 98.5 Å². The third kappa shape index (κ3) is 4.91. The van der Waals surface area contributed by atoms with Crippen LogP contribution in [0.25, 0.3) is 0 Å². The predicted octanol–water partition coefficient (Wildman–Crippen LogP) is 2.37.